The van der Waals surface area contributed by atoms with Crippen molar-refractivity contribution in [2.45, 2.75) is 26.4 Å². The summed E-state index contributed by atoms with van der Waals surface area (Å²) in [6.07, 6.45) is 3.11. The van der Waals surface area contributed by atoms with Crippen LogP contribution in [0.3, 0.4) is 0 Å². The monoisotopic (exact) mass is 405 g/mol. The summed E-state index contributed by atoms with van der Waals surface area (Å²) in [4.78, 5) is 18.4. The van der Waals surface area contributed by atoms with Gasteiger partial charge in [-0.05, 0) is 49.2 Å². The molecule has 0 aliphatic rings. The van der Waals surface area contributed by atoms with E-state index in [1.54, 1.807) is 22.7 Å². The Morgan fingerprint density at radius 1 is 1.07 bits per heavy atom. The molecule has 29 heavy (non-hydrogen) atoms. The van der Waals surface area contributed by atoms with Crippen molar-refractivity contribution in [3.63, 3.8) is 0 Å². The maximum atomic E-state index is 14.3. The summed E-state index contributed by atoms with van der Waals surface area (Å²) in [6.45, 7) is 3.79. The van der Waals surface area contributed by atoms with Crippen LogP contribution in [-0.4, -0.2) is 26.4 Å². The van der Waals surface area contributed by atoms with Crippen LogP contribution in [0.25, 0.3) is 11.1 Å². The number of amides is 1. The highest BCUT2D eigenvalue weighted by atomic mass is 19.2. The van der Waals surface area contributed by atoms with Crippen molar-refractivity contribution in [1.29, 1.82) is 0 Å². The van der Waals surface area contributed by atoms with Gasteiger partial charge < -0.3 is 9.47 Å². The normalized spacial score (nSPS) is 11.2. The van der Waals surface area contributed by atoms with E-state index in [1.165, 1.54) is 18.5 Å². The second kappa shape index (κ2) is 8.06. The number of hydrogen-bond acceptors (Lipinski definition) is 2. The Bertz CT molecular complexity index is 1040. The number of nitrogens with zero attached hydrogens (tertiary/aromatic N) is 3. The van der Waals surface area contributed by atoms with Crippen molar-refractivity contribution in [2.75, 3.05) is 0 Å². The maximum absolute atomic E-state index is 14.3. The number of benzene rings is 2. The average Bonchev–Trinajstić information content (AvgIpc) is 3.10. The quantitative estimate of drug-likeness (QED) is 0.456. The topological polar surface area (TPSA) is 38.1 Å². The molecule has 4 nitrogen and oxygen atoms in total. The average molecular weight is 405 g/mol. The van der Waals surface area contributed by atoms with Gasteiger partial charge in [-0.15, -0.1) is 0 Å². The molecule has 0 saturated carbocycles. The van der Waals surface area contributed by atoms with Crippen LogP contribution >= 0.6 is 0 Å². The molecule has 0 spiro atoms. The fraction of sp³-hybridized carbons (Fsp3) is 0.238. The molecule has 0 saturated heterocycles. The molecular weight excluding hydrogens is 386 g/mol. The summed E-state index contributed by atoms with van der Waals surface area (Å²) in [5.74, 6) is -5.44. The SMILES string of the molecule is CC(C)N(Cc1ccc(F)c(-c2cc(F)c(F)c(F)c2)c1)C(=O)c1cn(C)cn1. The van der Waals surface area contributed by atoms with Crippen molar-refractivity contribution in [2.24, 2.45) is 7.05 Å². The highest BCUT2D eigenvalue weighted by molar-refractivity contribution is 5.92. The molecule has 2 aromatic carbocycles. The van der Waals surface area contributed by atoms with Gasteiger partial charge in [-0.1, -0.05) is 6.07 Å². The lowest BCUT2D eigenvalue weighted by Crippen LogP contribution is -2.36. The van der Waals surface area contributed by atoms with E-state index < -0.39 is 23.3 Å². The molecule has 0 bridgehead atoms. The first-order valence-electron chi connectivity index (χ1n) is 8.89. The number of halogens is 4. The first-order valence-corrected chi connectivity index (χ1v) is 8.89. The fourth-order valence-corrected chi connectivity index (χ4v) is 2.96. The number of hydrogen-bond donors (Lipinski definition) is 0. The van der Waals surface area contributed by atoms with Gasteiger partial charge in [-0.2, -0.15) is 0 Å². The summed E-state index contributed by atoms with van der Waals surface area (Å²) in [6, 6.07) is 5.31. The molecule has 3 rings (SSSR count). The van der Waals surface area contributed by atoms with Gasteiger partial charge in [0, 0.05) is 31.4 Å². The van der Waals surface area contributed by atoms with E-state index in [4.69, 9.17) is 0 Å². The van der Waals surface area contributed by atoms with Gasteiger partial charge in [-0.25, -0.2) is 22.5 Å². The smallest absolute Gasteiger partial charge is 0.274 e. The number of imidazole rings is 1. The van der Waals surface area contributed by atoms with E-state index in [9.17, 15) is 22.4 Å². The molecule has 0 aliphatic carbocycles. The van der Waals surface area contributed by atoms with Crippen molar-refractivity contribution >= 4 is 5.91 Å². The van der Waals surface area contributed by atoms with E-state index in [0.717, 1.165) is 18.2 Å². The van der Waals surface area contributed by atoms with Crippen molar-refractivity contribution in [3.8, 4) is 11.1 Å². The summed E-state index contributed by atoms with van der Waals surface area (Å²) >= 11 is 0. The third kappa shape index (κ3) is 4.31. The third-order valence-corrected chi connectivity index (χ3v) is 4.49. The van der Waals surface area contributed by atoms with Crippen LogP contribution in [0, 0.1) is 23.3 Å². The standard InChI is InChI=1S/C21H19F4N3O/c1-12(2)28(21(29)19-10-27(3)11-26-19)9-13-4-5-16(22)15(6-13)14-7-17(23)20(25)18(24)8-14/h4-8,10-12H,9H2,1-3H3. The lowest BCUT2D eigenvalue weighted by atomic mass is 10.0. The Balaban J connectivity index is 1.95. The zero-order valence-corrected chi connectivity index (χ0v) is 16.1. The van der Waals surface area contributed by atoms with E-state index in [1.807, 2.05) is 13.8 Å². The van der Waals surface area contributed by atoms with Crippen LogP contribution in [0.15, 0.2) is 42.9 Å². The molecule has 0 radical (unpaired) electrons. The third-order valence-electron chi connectivity index (χ3n) is 4.49. The van der Waals surface area contributed by atoms with Crippen molar-refractivity contribution in [1.82, 2.24) is 14.5 Å². The zero-order chi connectivity index (χ0) is 21.3. The lowest BCUT2D eigenvalue weighted by Gasteiger charge is -2.26. The Labute approximate surface area is 165 Å². The van der Waals surface area contributed by atoms with Gasteiger partial charge in [0.05, 0.1) is 6.33 Å². The Morgan fingerprint density at radius 2 is 1.72 bits per heavy atom. The minimum Gasteiger partial charge on any atom is -0.340 e. The molecular formula is C21H19F4N3O. The molecule has 1 aromatic heterocycles. The second-order valence-electron chi connectivity index (χ2n) is 7.02. The van der Waals surface area contributed by atoms with Crippen LogP contribution in [0.2, 0.25) is 0 Å². The predicted molar refractivity (Wildman–Crippen MR) is 99.9 cm³/mol. The summed E-state index contributed by atoms with van der Waals surface area (Å²) < 4.78 is 56.3. The van der Waals surface area contributed by atoms with Crippen LogP contribution in [-0.2, 0) is 13.6 Å². The van der Waals surface area contributed by atoms with Gasteiger partial charge in [-0.3, -0.25) is 4.79 Å². The highest BCUT2D eigenvalue weighted by Gasteiger charge is 2.22. The summed E-state index contributed by atoms with van der Waals surface area (Å²) in [7, 11) is 1.75. The Kier molecular flexibility index (Phi) is 5.72. The van der Waals surface area contributed by atoms with Gasteiger partial charge in [0.2, 0.25) is 0 Å². The van der Waals surface area contributed by atoms with Crippen LogP contribution < -0.4 is 0 Å². The first-order chi connectivity index (χ1) is 13.7. The van der Waals surface area contributed by atoms with Gasteiger partial charge in [0.25, 0.3) is 5.91 Å². The fourth-order valence-electron chi connectivity index (χ4n) is 2.96. The second-order valence-corrected chi connectivity index (χ2v) is 7.02. The number of carbonyl (C=O) groups excluding carboxylic acids is 1. The summed E-state index contributed by atoms with van der Waals surface area (Å²) in [5.41, 5.74) is 0.595. The van der Waals surface area contributed by atoms with Gasteiger partial charge in [0.15, 0.2) is 17.5 Å². The molecule has 152 valence electrons. The molecule has 1 amide bonds. The van der Waals surface area contributed by atoms with E-state index >= 15 is 0 Å². The van der Waals surface area contributed by atoms with E-state index in [0.29, 0.717) is 5.56 Å². The molecule has 0 fully saturated rings. The van der Waals surface area contributed by atoms with Gasteiger partial charge in [0.1, 0.15) is 11.5 Å². The van der Waals surface area contributed by atoms with Crippen LogP contribution in [0.1, 0.15) is 29.9 Å². The Morgan fingerprint density at radius 3 is 2.28 bits per heavy atom. The lowest BCUT2D eigenvalue weighted by molar-refractivity contribution is 0.0684. The van der Waals surface area contributed by atoms with Crippen molar-refractivity contribution in [3.05, 3.63) is 77.4 Å². The number of aromatic nitrogens is 2. The highest BCUT2D eigenvalue weighted by Crippen LogP contribution is 2.28. The van der Waals surface area contributed by atoms with Crippen LogP contribution in [0.4, 0.5) is 17.6 Å². The number of carbonyl (C=O) groups is 1. The van der Waals surface area contributed by atoms with Crippen LogP contribution in [0.5, 0.6) is 0 Å². The van der Waals surface area contributed by atoms with Gasteiger partial charge >= 0.3 is 0 Å². The first kappa shape index (κ1) is 20.6. The van der Waals surface area contributed by atoms with Crippen molar-refractivity contribution < 1.29 is 22.4 Å². The summed E-state index contributed by atoms with van der Waals surface area (Å²) in [5, 5.41) is 0. The molecule has 1 heterocycles. The number of rotatable bonds is 5. The van der Waals surface area contributed by atoms with E-state index in [2.05, 4.69) is 4.98 Å². The molecule has 0 unspecified atom stereocenters. The largest absolute Gasteiger partial charge is 0.340 e. The minimum atomic E-state index is -1.61. The molecule has 3 aromatic rings. The zero-order valence-electron chi connectivity index (χ0n) is 16.1. The molecule has 0 atom stereocenters. The molecule has 8 heteroatoms. The minimum absolute atomic E-state index is 0.0886. The number of aryl methyl sites for hydroxylation is 1. The molecule has 0 aliphatic heterocycles. The Hall–Kier alpha value is -3.16. The molecule has 0 N–H and O–H groups in total. The maximum Gasteiger partial charge on any atom is 0.274 e. The van der Waals surface area contributed by atoms with E-state index in [-0.39, 0.29) is 35.3 Å². The predicted octanol–water partition coefficient (Wildman–Crippen LogP) is 4.69.